The Balaban J connectivity index is 2.51. The van der Waals surface area contributed by atoms with Crippen molar-refractivity contribution in [1.82, 2.24) is 10.2 Å². The van der Waals surface area contributed by atoms with Gasteiger partial charge in [-0.05, 0) is 32.9 Å². The third-order valence-electron chi connectivity index (χ3n) is 3.91. The van der Waals surface area contributed by atoms with Gasteiger partial charge < -0.3 is 10.2 Å². The van der Waals surface area contributed by atoms with E-state index in [2.05, 4.69) is 54.1 Å². The molecule has 100 valence electrons. The van der Waals surface area contributed by atoms with Crippen LogP contribution in [0.4, 0.5) is 0 Å². The van der Waals surface area contributed by atoms with Crippen molar-refractivity contribution in [3.05, 3.63) is 0 Å². The van der Waals surface area contributed by atoms with Crippen molar-refractivity contribution in [2.45, 2.75) is 49.9 Å². The first kappa shape index (κ1) is 15.0. The first-order valence-corrected chi connectivity index (χ1v) is 7.40. The Hall–Kier alpha value is -0.0900. The minimum atomic E-state index is -0.0804. The van der Waals surface area contributed by atoms with Gasteiger partial charge in [-0.1, -0.05) is 42.6 Å². The third kappa shape index (κ3) is 3.68. The highest BCUT2D eigenvalue weighted by Crippen LogP contribution is 2.33. The highest BCUT2D eigenvalue weighted by molar-refractivity contribution is 9.10. The number of nitrogens with one attached hydrogen (secondary N) is 1. The molecule has 1 saturated carbocycles. The second-order valence-electron chi connectivity index (χ2n) is 5.69. The molecule has 1 unspecified atom stereocenters. The van der Waals surface area contributed by atoms with Crippen LogP contribution in [0.15, 0.2) is 0 Å². The molecule has 1 aliphatic carbocycles. The summed E-state index contributed by atoms with van der Waals surface area (Å²) in [7, 11) is 4.23. The maximum absolute atomic E-state index is 11.9. The smallest absolute Gasteiger partial charge is 0.234 e. The number of rotatable bonds is 5. The highest BCUT2D eigenvalue weighted by atomic mass is 79.9. The molecule has 3 nitrogen and oxygen atoms in total. The summed E-state index contributed by atoms with van der Waals surface area (Å²) in [5, 5.41) is 3.10. The summed E-state index contributed by atoms with van der Waals surface area (Å²) in [5.41, 5.74) is 0.180. The van der Waals surface area contributed by atoms with E-state index in [1.54, 1.807) is 0 Å². The Morgan fingerprint density at radius 3 is 2.29 bits per heavy atom. The van der Waals surface area contributed by atoms with Crippen LogP contribution in [-0.2, 0) is 4.79 Å². The molecule has 1 amide bonds. The lowest BCUT2D eigenvalue weighted by molar-refractivity contribution is -0.121. The average Bonchev–Trinajstić information content (AvgIpc) is 2.74. The van der Waals surface area contributed by atoms with Crippen LogP contribution in [0.2, 0.25) is 0 Å². The van der Waals surface area contributed by atoms with Crippen LogP contribution >= 0.6 is 15.9 Å². The number of hydrogen-bond acceptors (Lipinski definition) is 2. The molecule has 1 N–H and O–H groups in total. The van der Waals surface area contributed by atoms with Crippen molar-refractivity contribution in [2.75, 3.05) is 20.6 Å². The van der Waals surface area contributed by atoms with E-state index in [1.165, 1.54) is 25.7 Å². The van der Waals surface area contributed by atoms with Crippen LogP contribution in [0.1, 0.15) is 39.5 Å². The van der Waals surface area contributed by atoms with Gasteiger partial charge in [0.1, 0.15) is 0 Å². The van der Waals surface area contributed by atoms with Gasteiger partial charge in [0.05, 0.1) is 4.83 Å². The van der Waals surface area contributed by atoms with E-state index in [0.29, 0.717) is 5.92 Å². The molecule has 0 aromatic rings. The molecule has 4 heteroatoms. The van der Waals surface area contributed by atoms with E-state index < -0.39 is 0 Å². The minimum absolute atomic E-state index is 0.0804. The Labute approximate surface area is 113 Å². The van der Waals surface area contributed by atoms with Gasteiger partial charge in [0.2, 0.25) is 5.91 Å². The Morgan fingerprint density at radius 2 is 1.88 bits per heavy atom. The molecule has 0 aromatic carbocycles. The molecule has 0 radical (unpaired) electrons. The second kappa shape index (κ2) is 6.19. The van der Waals surface area contributed by atoms with Gasteiger partial charge in [-0.25, -0.2) is 0 Å². The first-order chi connectivity index (χ1) is 7.89. The summed E-state index contributed by atoms with van der Waals surface area (Å²) >= 11 is 3.45. The number of likely N-dealkylation sites (N-methyl/N-ethyl adjacent to an activating group) is 1. The second-order valence-corrected chi connectivity index (χ2v) is 6.68. The summed E-state index contributed by atoms with van der Waals surface area (Å²) in [6.07, 6.45) is 4.93. The van der Waals surface area contributed by atoms with E-state index in [1.807, 2.05) is 0 Å². The first-order valence-electron chi connectivity index (χ1n) is 6.48. The van der Waals surface area contributed by atoms with E-state index in [0.717, 1.165) is 6.54 Å². The normalized spacial score (nSPS) is 20.9. The van der Waals surface area contributed by atoms with Gasteiger partial charge in [-0.3, -0.25) is 4.79 Å². The SMILES string of the molecule is CC(C)C(Br)C(=O)NCC1(N(C)C)CCCC1. The van der Waals surface area contributed by atoms with E-state index in [-0.39, 0.29) is 16.3 Å². The van der Waals surface area contributed by atoms with Gasteiger partial charge in [0.25, 0.3) is 0 Å². The zero-order valence-electron chi connectivity index (χ0n) is 11.4. The largest absolute Gasteiger partial charge is 0.353 e. The highest BCUT2D eigenvalue weighted by Gasteiger charge is 2.36. The minimum Gasteiger partial charge on any atom is -0.353 e. The standard InChI is InChI=1S/C13H25BrN2O/c1-10(2)11(14)12(17)15-9-13(16(3)4)7-5-6-8-13/h10-11H,5-9H2,1-4H3,(H,15,17). The topological polar surface area (TPSA) is 32.3 Å². The van der Waals surface area contributed by atoms with E-state index in [4.69, 9.17) is 0 Å². The van der Waals surface area contributed by atoms with Gasteiger partial charge in [0.15, 0.2) is 0 Å². The summed E-state index contributed by atoms with van der Waals surface area (Å²) in [4.78, 5) is 14.1. The number of amides is 1. The van der Waals surface area contributed by atoms with Gasteiger partial charge in [-0.2, -0.15) is 0 Å². The number of halogens is 1. The fourth-order valence-electron chi connectivity index (χ4n) is 2.47. The fraction of sp³-hybridized carbons (Fsp3) is 0.923. The predicted molar refractivity (Wildman–Crippen MR) is 75.4 cm³/mol. The summed E-state index contributed by atoms with van der Waals surface area (Å²) in [6.45, 7) is 4.88. The lowest BCUT2D eigenvalue weighted by Gasteiger charge is -2.36. The molecular weight excluding hydrogens is 280 g/mol. The number of alkyl halides is 1. The monoisotopic (exact) mass is 304 g/mol. The predicted octanol–water partition coefficient (Wildman–Crippen LogP) is 2.40. The molecule has 1 fully saturated rings. The quantitative estimate of drug-likeness (QED) is 0.791. The average molecular weight is 305 g/mol. The summed E-state index contributed by atoms with van der Waals surface area (Å²) < 4.78 is 0. The molecule has 0 aromatic heterocycles. The summed E-state index contributed by atoms with van der Waals surface area (Å²) in [6, 6.07) is 0. The maximum atomic E-state index is 11.9. The fourth-order valence-corrected chi connectivity index (χ4v) is 2.63. The maximum Gasteiger partial charge on any atom is 0.234 e. The number of hydrogen-bond donors (Lipinski definition) is 1. The van der Waals surface area contributed by atoms with Crippen molar-refractivity contribution >= 4 is 21.8 Å². The molecule has 0 saturated heterocycles. The number of nitrogens with zero attached hydrogens (tertiary/aromatic N) is 1. The zero-order valence-corrected chi connectivity index (χ0v) is 13.0. The van der Waals surface area contributed by atoms with E-state index in [9.17, 15) is 4.79 Å². The van der Waals surface area contributed by atoms with Crippen molar-refractivity contribution in [2.24, 2.45) is 5.92 Å². The molecule has 0 heterocycles. The Morgan fingerprint density at radius 1 is 1.35 bits per heavy atom. The van der Waals surface area contributed by atoms with Crippen LogP contribution in [0, 0.1) is 5.92 Å². The summed E-state index contributed by atoms with van der Waals surface area (Å²) in [5.74, 6) is 0.446. The third-order valence-corrected chi connectivity index (χ3v) is 5.38. The Kier molecular flexibility index (Phi) is 5.45. The van der Waals surface area contributed by atoms with Crippen LogP contribution < -0.4 is 5.32 Å². The molecule has 17 heavy (non-hydrogen) atoms. The van der Waals surface area contributed by atoms with Crippen molar-refractivity contribution in [1.29, 1.82) is 0 Å². The molecule has 1 atom stereocenters. The van der Waals surface area contributed by atoms with Crippen LogP contribution in [0.25, 0.3) is 0 Å². The van der Waals surface area contributed by atoms with Gasteiger partial charge >= 0.3 is 0 Å². The number of carbonyl (C=O) groups excluding carboxylic acids is 1. The van der Waals surface area contributed by atoms with Crippen LogP contribution in [-0.4, -0.2) is 41.8 Å². The Bertz CT molecular complexity index is 260. The van der Waals surface area contributed by atoms with Crippen LogP contribution in [0.3, 0.4) is 0 Å². The molecule has 0 bridgehead atoms. The lowest BCUT2D eigenvalue weighted by atomic mass is 9.96. The van der Waals surface area contributed by atoms with Crippen molar-refractivity contribution in [3.8, 4) is 0 Å². The van der Waals surface area contributed by atoms with Crippen molar-refractivity contribution in [3.63, 3.8) is 0 Å². The molecule has 0 aliphatic heterocycles. The van der Waals surface area contributed by atoms with Crippen molar-refractivity contribution < 1.29 is 4.79 Å². The van der Waals surface area contributed by atoms with Gasteiger partial charge in [-0.15, -0.1) is 0 Å². The van der Waals surface area contributed by atoms with Crippen LogP contribution in [0.5, 0.6) is 0 Å². The zero-order chi connectivity index (χ0) is 13.1. The lowest BCUT2D eigenvalue weighted by Crippen LogP contribution is -2.52. The van der Waals surface area contributed by atoms with Gasteiger partial charge in [0, 0.05) is 12.1 Å². The molecular formula is C13H25BrN2O. The van der Waals surface area contributed by atoms with E-state index >= 15 is 0 Å². The molecule has 0 spiro atoms. The molecule has 1 rings (SSSR count). The molecule has 1 aliphatic rings. The number of carbonyl (C=O) groups is 1.